The molecule has 1 aromatic heterocycles. The lowest BCUT2D eigenvalue weighted by atomic mass is 10.0. The van der Waals surface area contributed by atoms with Crippen LogP contribution in [0.1, 0.15) is 17.8 Å². The molecule has 8 nitrogen and oxygen atoms in total. The predicted octanol–water partition coefficient (Wildman–Crippen LogP) is 1.80. The molecule has 0 aliphatic carbocycles. The molecule has 2 heterocycles. The van der Waals surface area contributed by atoms with Crippen molar-refractivity contribution in [3.8, 4) is 0 Å². The molecular formula is C12H13N3O5S. The quantitative estimate of drug-likeness (QED) is 0.521. The Morgan fingerprint density at radius 1 is 1.52 bits per heavy atom. The van der Waals surface area contributed by atoms with Crippen LogP contribution in [0, 0.1) is 10.1 Å². The topological polar surface area (TPSA) is 102 Å². The number of hydrogen-bond donors (Lipinski definition) is 1. The van der Waals surface area contributed by atoms with Crippen LogP contribution in [0.3, 0.4) is 0 Å². The van der Waals surface area contributed by atoms with Gasteiger partial charge in [-0.05, 0) is 13.0 Å². The molecule has 0 fully saturated rings. The summed E-state index contributed by atoms with van der Waals surface area (Å²) in [6.07, 6.45) is 0. The van der Waals surface area contributed by atoms with Gasteiger partial charge in [-0.15, -0.1) is 0 Å². The minimum atomic E-state index is -0.750. The molecule has 1 N–H and O–H groups in total. The lowest BCUT2D eigenvalue weighted by molar-refractivity contribution is -0.380. The summed E-state index contributed by atoms with van der Waals surface area (Å²) in [5.41, 5.74) is 0.711. The average Bonchev–Trinajstić information content (AvgIpc) is 2.93. The van der Waals surface area contributed by atoms with Crippen molar-refractivity contribution in [3.05, 3.63) is 38.4 Å². The van der Waals surface area contributed by atoms with E-state index in [-0.39, 0.29) is 16.6 Å². The van der Waals surface area contributed by atoms with Crippen molar-refractivity contribution < 1.29 is 19.2 Å². The number of thiophene rings is 1. The first-order chi connectivity index (χ1) is 9.86. The highest BCUT2D eigenvalue weighted by Gasteiger charge is 2.36. The monoisotopic (exact) mass is 311 g/mol. The van der Waals surface area contributed by atoms with Gasteiger partial charge in [-0.3, -0.25) is 10.1 Å². The number of nitrogens with one attached hydrogen (secondary N) is 1. The van der Waals surface area contributed by atoms with Gasteiger partial charge in [0.1, 0.15) is 0 Å². The van der Waals surface area contributed by atoms with Crippen LogP contribution >= 0.6 is 11.3 Å². The molecule has 1 aliphatic rings. The van der Waals surface area contributed by atoms with Crippen LogP contribution in [0.15, 0.2) is 23.4 Å². The van der Waals surface area contributed by atoms with Crippen LogP contribution in [-0.2, 0) is 9.53 Å². The number of rotatable bonds is 3. The largest absolute Gasteiger partial charge is 0.466 e. The molecule has 0 saturated carbocycles. The van der Waals surface area contributed by atoms with E-state index in [2.05, 4.69) is 5.32 Å². The van der Waals surface area contributed by atoms with Crippen LogP contribution in [0.2, 0.25) is 0 Å². The molecule has 0 unspecified atom stereocenters. The fourth-order valence-corrected chi connectivity index (χ4v) is 2.90. The molecule has 0 aromatic carbocycles. The van der Waals surface area contributed by atoms with Crippen molar-refractivity contribution in [2.75, 3.05) is 14.2 Å². The Bertz CT molecular complexity index is 651. The third-order valence-electron chi connectivity index (χ3n) is 3.24. The van der Waals surface area contributed by atoms with Crippen molar-refractivity contribution in [2.45, 2.75) is 13.0 Å². The second-order valence-corrected chi connectivity index (χ2v) is 5.46. The maximum Gasteiger partial charge on any atom is 0.338 e. The summed E-state index contributed by atoms with van der Waals surface area (Å²) >= 11 is 0.910. The van der Waals surface area contributed by atoms with Crippen LogP contribution in [-0.4, -0.2) is 36.0 Å². The Morgan fingerprint density at radius 3 is 2.71 bits per heavy atom. The van der Waals surface area contributed by atoms with E-state index in [4.69, 9.17) is 4.74 Å². The second-order valence-electron chi connectivity index (χ2n) is 4.37. The van der Waals surface area contributed by atoms with Crippen LogP contribution in [0.25, 0.3) is 0 Å². The lowest BCUT2D eigenvalue weighted by Gasteiger charge is -2.32. The molecule has 2 rings (SSSR count). The van der Waals surface area contributed by atoms with Crippen molar-refractivity contribution in [3.63, 3.8) is 0 Å². The van der Waals surface area contributed by atoms with E-state index >= 15 is 0 Å². The SMILES string of the molecule is COC(=O)C1=C(C)N(C)C(=O)N[C@@H]1c1ccc([N+](=O)[O-])s1. The Labute approximate surface area is 124 Å². The van der Waals surface area contributed by atoms with Gasteiger partial charge in [-0.1, -0.05) is 11.3 Å². The predicted molar refractivity (Wildman–Crippen MR) is 74.7 cm³/mol. The van der Waals surface area contributed by atoms with E-state index < -0.39 is 16.9 Å². The minimum Gasteiger partial charge on any atom is -0.466 e. The Balaban J connectivity index is 2.50. The van der Waals surface area contributed by atoms with Gasteiger partial charge in [0.05, 0.1) is 23.6 Å². The maximum absolute atomic E-state index is 12.0. The fourth-order valence-electron chi connectivity index (χ4n) is 2.02. The Kier molecular flexibility index (Phi) is 3.94. The summed E-state index contributed by atoms with van der Waals surface area (Å²) in [6.45, 7) is 1.63. The molecule has 112 valence electrons. The second kappa shape index (κ2) is 5.52. The number of nitrogens with zero attached hydrogens (tertiary/aromatic N) is 2. The molecular weight excluding hydrogens is 298 g/mol. The lowest BCUT2D eigenvalue weighted by Crippen LogP contribution is -2.45. The first-order valence-electron chi connectivity index (χ1n) is 5.94. The molecule has 21 heavy (non-hydrogen) atoms. The molecule has 1 aromatic rings. The molecule has 0 spiro atoms. The zero-order valence-electron chi connectivity index (χ0n) is 11.6. The van der Waals surface area contributed by atoms with Crippen molar-refractivity contribution in [1.82, 2.24) is 10.2 Å². The molecule has 2 amide bonds. The molecule has 9 heteroatoms. The normalized spacial score (nSPS) is 18.5. The zero-order valence-corrected chi connectivity index (χ0v) is 12.4. The molecule has 0 radical (unpaired) electrons. The summed E-state index contributed by atoms with van der Waals surface area (Å²) < 4.78 is 4.75. The van der Waals surface area contributed by atoms with Crippen LogP contribution in [0.4, 0.5) is 9.80 Å². The van der Waals surface area contributed by atoms with Gasteiger partial charge in [0.15, 0.2) is 0 Å². The van der Waals surface area contributed by atoms with Gasteiger partial charge < -0.3 is 15.0 Å². The number of allylic oxidation sites excluding steroid dienone is 1. The number of urea groups is 1. The first-order valence-corrected chi connectivity index (χ1v) is 6.76. The number of ether oxygens (including phenoxy) is 1. The Hall–Kier alpha value is -2.42. The number of hydrogen-bond acceptors (Lipinski definition) is 6. The first kappa shape index (κ1) is 15.0. The highest BCUT2D eigenvalue weighted by atomic mass is 32.1. The number of amides is 2. The van der Waals surface area contributed by atoms with Gasteiger partial charge in [-0.2, -0.15) is 0 Å². The number of esters is 1. The number of carbonyl (C=O) groups excluding carboxylic acids is 2. The highest BCUT2D eigenvalue weighted by molar-refractivity contribution is 7.15. The standard InChI is InChI=1S/C12H13N3O5S/c1-6-9(11(16)20-3)10(13-12(17)14(6)2)7-4-5-8(21-7)15(18)19/h4-5,10H,1-3H3,(H,13,17)/t10-/m1/s1. The van der Waals surface area contributed by atoms with Crippen LogP contribution < -0.4 is 5.32 Å². The van der Waals surface area contributed by atoms with Gasteiger partial charge in [0.25, 0.3) is 0 Å². The summed E-state index contributed by atoms with van der Waals surface area (Å²) in [5.74, 6) is -0.583. The molecule has 0 saturated heterocycles. The van der Waals surface area contributed by atoms with Gasteiger partial charge >= 0.3 is 17.0 Å². The summed E-state index contributed by atoms with van der Waals surface area (Å²) in [5, 5.41) is 13.4. The van der Waals surface area contributed by atoms with E-state index in [1.807, 2.05) is 0 Å². The van der Waals surface area contributed by atoms with E-state index in [1.165, 1.54) is 31.2 Å². The van der Waals surface area contributed by atoms with E-state index in [9.17, 15) is 19.7 Å². The minimum absolute atomic E-state index is 0.0555. The van der Waals surface area contributed by atoms with E-state index in [0.717, 1.165) is 11.3 Å². The number of nitro groups is 1. The number of carbonyl (C=O) groups is 2. The third kappa shape index (κ3) is 2.59. The van der Waals surface area contributed by atoms with E-state index in [1.54, 1.807) is 6.92 Å². The van der Waals surface area contributed by atoms with Crippen molar-refractivity contribution >= 4 is 28.3 Å². The molecule has 1 aliphatic heterocycles. The van der Waals surface area contributed by atoms with Gasteiger partial charge in [0, 0.05) is 23.7 Å². The third-order valence-corrected chi connectivity index (χ3v) is 4.34. The summed E-state index contributed by atoms with van der Waals surface area (Å²) in [6, 6.07) is 1.73. The average molecular weight is 311 g/mol. The highest BCUT2D eigenvalue weighted by Crippen LogP contribution is 2.36. The van der Waals surface area contributed by atoms with Gasteiger partial charge in [0.2, 0.25) is 0 Å². The molecule has 0 bridgehead atoms. The van der Waals surface area contributed by atoms with Crippen molar-refractivity contribution in [1.29, 1.82) is 0 Å². The number of methoxy groups -OCH3 is 1. The van der Waals surface area contributed by atoms with Crippen LogP contribution in [0.5, 0.6) is 0 Å². The smallest absolute Gasteiger partial charge is 0.338 e. The zero-order chi connectivity index (χ0) is 15.7. The maximum atomic E-state index is 12.0. The Morgan fingerprint density at radius 2 is 2.19 bits per heavy atom. The summed E-state index contributed by atoms with van der Waals surface area (Å²) in [4.78, 5) is 35.9. The fraction of sp³-hybridized carbons (Fsp3) is 0.333. The van der Waals surface area contributed by atoms with Gasteiger partial charge in [-0.25, -0.2) is 9.59 Å². The van der Waals surface area contributed by atoms with Crippen molar-refractivity contribution in [2.24, 2.45) is 0 Å². The summed E-state index contributed by atoms with van der Waals surface area (Å²) in [7, 11) is 2.77. The molecule has 1 atom stereocenters. The van der Waals surface area contributed by atoms with E-state index in [0.29, 0.717) is 10.6 Å².